The molecule has 2 bridgehead atoms. The van der Waals surface area contributed by atoms with Crippen molar-refractivity contribution in [1.29, 1.82) is 0 Å². The molecular weight excluding hydrogens is 472 g/mol. The van der Waals surface area contributed by atoms with Crippen molar-refractivity contribution in [2.24, 2.45) is 0 Å². The van der Waals surface area contributed by atoms with E-state index in [1.54, 1.807) is 26.5 Å². The number of nitrogens with one attached hydrogen (secondary N) is 2. The normalized spacial score (nSPS) is 21.9. The molecule has 2 amide bonds. The molecule has 11 nitrogen and oxygen atoms in total. The van der Waals surface area contributed by atoms with Gasteiger partial charge in [0.1, 0.15) is 11.5 Å². The van der Waals surface area contributed by atoms with Gasteiger partial charge in [-0.2, -0.15) is 4.98 Å². The molecule has 3 fully saturated rings. The third-order valence-corrected chi connectivity index (χ3v) is 7.55. The molecule has 2 saturated heterocycles. The van der Waals surface area contributed by atoms with E-state index in [1.807, 2.05) is 27.7 Å². The summed E-state index contributed by atoms with van der Waals surface area (Å²) in [5.74, 6) is 1.61. The van der Waals surface area contributed by atoms with Crippen molar-refractivity contribution in [3.05, 3.63) is 30.6 Å². The number of ether oxygens (including phenoxy) is 1. The Morgan fingerprint density at radius 2 is 1.92 bits per heavy atom. The van der Waals surface area contributed by atoms with Gasteiger partial charge in [0.05, 0.1) is 11.9 Å². The van der Waals surface area contributed by atoms with Gasteiger partial charge in [0.15, 0.2) is 0 Å². The molecule has 37 heavy (non-hydrogen) atoms. The van der Waals surface area contributed by atoms with E-state index in [4.69, 9.17) is 9.72 Å². The largest absolute Gasteiger partial charge is 0.415 e. The number of hydrogen-bond acceptors (Lipinski definition) is 8. The first-order valence-corrected chi connectivity index (χ1v) is 13.0. The van der Waals surface area contributed by atoms with E-state index in [0.717, 1.165) is 55.2 Å². The van der Waals surface area contributed by atoms with Crippen molar-refractivity contribution in [3.63, 3.8) is 0 Å². The summed E-state index contributed by atoms with van der Waals surface area (Å²) in [6, 6.07) is 6.42. The molecule has 3 aromatic heterocycles. The number of carbonyl (C=O) groups excluding carboxylic acids is 2. The Labute approximate surface area is 215 Å². The van der Waals surface area contributed by atoms with Gasteiger partial charge in [-0.1, -0.05) is 12.8 Å². The van der Waals surface area contributed by atoms with Gasteiger partial charge in [-0.25, -0.2) is 14.8 Å². The first kappa shape index (κ1) is 23.7. The van der Waals surface area contributed by atoms with Crippen LogP contribution in [0.4, 0.5) is 22.2 Å². The minimum atomic E-state index is -0.427. The van der Waals surface area contributed by atoms with Crippen LogP contribution in [0, 0.1) is 0 Å². The lowest BCUT2D eigenvalue weighted by molar-refractivity contribution is -0.118. The monoisotopic (exact) mass is 504 g/mol. The van der Waals surface area contributed by atoms with Gasteiger partial charge in [-0.3, -0.25) is 9.36 Å². The second-order valence-electron chi connectivity index (χ2n) is 10.4. The van der Waals surface area contributed by atoms with Crippen LogP contribution in [-0.2, 0) is 4.79 Å². The molecule has 2 atom stereocenters. The number of rotatable bonds is 5. The third kappa shape index (κ3) is 4.71. The fraction of sp³-hybridized carbons (Fsp3) is 0.500. The molecule has 6 rings (SSSR count). The Hall–Kier alpha value is -3.73. The van der Waals surface area contributed by atoms with Crippen LogP contribution < -0.4 is 20.3 Å². The summed E-state index contributed by atoms with van der Waals surface area (Å²) in [7, 11) is 3.32. The number of nitrogens with zero attached hydrogens (tertiary/aromatic N) is 6. The van der Waals surface area contributed by atoms with E-state index in [0.29, 0.717) is 42.7 Å². The highest BCUT2D eigenvalue weighted by molar-refractivity contribution is 5.94. The van der Waals surface area contributed by atoms with Gasteiger partial charge in [0.25, 0.3) is 0 Å². The maximum absolute atomic E-state index is 12.7. The third-order valence-electron chi connectivity index (χ3n) is 7.55. The van der Waals surface area contributed by atoms with E-state index in [-0.39, 0.29) is 11.9 Å². The van der Waals surface area contributed by atoms with Crippen LogP contribution in [0.15, 0.2) is 30.6 Å². The summed E-state index contributed by atoms with van der Waals surface area (Å²) >= 11 is 0. The van der Waals surface area contributed by atoms with E-state index >= 15 is 0 Å². The lowest BCUT2D eigenvalue weighted by Gasteiger charge is -2.24. The molecule has 194 valence electrons. The van der Waals surface area contributed by atoms with Crippen molar-refractivity contribution in [2.45, 2.75) is 63.1 Å². The zero-order chi connectivity index (χ0) is 25.5. The topological polar surface area (TPSA) is 118 Å². The van der Waals surface area contributed by atoms with Crippen LogP contribution in [0.3, 0.4) is 0 Å². The van der Waals surface area contributed by atoms with E-state index < -0.39 is 6.09 Å². The molecule has 3 aliphatic rings. The van der Waals surface area contributed by atoms with Gasteiger partial charge in [0.2, 0.25) is 17.7 Å². The van der Waals surface area contributed by atoms with Crippen LogP contribution >= 0.6 is 0 Å². The number of hydrogen-bond donors (Lipinski definition) is 2. The van der Waals surface area contributed by atoms with Gasteiger partial charge < -0.3 is 25.2 Å². The molecule has 3 aromatic rings. The predicted octanol–water partition coefficient (Wildman–Crippen LogP) is 3.60. The number of amides is 2. The zero-order valence-corrected chi connectivity index (χ0v) is 21.2. The lowest BCUT2D eigenvalue weighted by atomic mass is 10.1. The van der Waals surface area contributed by atoms with Gasteiger partial charge in [-0.05, 0) is 37.8 Å². The van der Waals surface area contributed by atoms with Gasteiger partial charge in [0, 0.05) is 62.8 Å². The minimum Gasteiger partial charge on any atom is -0.393 e. The zero-order valence-electron chi connectivity index (χ0n) is 21.2. The maximum atomic E-state index is 12.7. The summed E-state index contributed by atoms with van der Waals surface area (Å²) in [6.45, 7) is 0.669. The van der Waals surface area contributed by atoms with Gasteiger partial charge >= 0.3 is 6.09 Å². The van der Waals surface area contributed by atoms with Crippen molar-refractivity contribution < 1.29 is 14.3 Å². The maximum Gasteiger partial charge on any atom is 0.415 e. The molecule has 2 aliphatic heterocycles. The van der Waals surface area contributed by atoms with Crippen LogP contribution in [0.25, 0.3) is 11.0 Å². The lowest BCUT2D eigenvalue weighted by Crippen LogP contribution is -2.37. The summed E-state index contributed by atoms with van der Waals surface area (Å²) in [4.78, 5) is 42.0. The quantitative estimate of drug-likeness (QED) is 0.541. The second-order valence-corrected chi connectivity index (χ2v) is 10.4. The Kier molecular flexibility index (Phi) is 6.15. The second kappa shape index (κ2) is 9.62. The highest BCUT2D eigenvalue weighted by Gasteiger charge is 2.34. The predicted molar refractivity (Wildman–Crippen MR) is 139 cm³/mol. The van der Waals surface area contributed by atoms with Crippen LogP contribution in [-0.4, -0.2) is 69.1 Å². The minimum absolute atomic E-state index is 0.134. The summed E-state index contributed by atoms with van der Waals surface area (Å²) in [6.07, 6.45) is 10.0. The smallest absolute Gasteiger partial charge is 0.393 e. The van der Waals surface area contributed by atoms with E-state index in [2.05, 4.69) is 20.6 Å². The number of pyridine rings is 1. The van der Waals surface area contributed by atoms with E-state index in [1.165, 1.54) is 4.90 Å². The molecule has 5 heterocycles. The molecule has 0 spiro atoms. The molecule has 0 radical (unpaired) electrons. The Morgan fingerprint density at radius 1 is 1.11 bits per heavy atom. The highest BCUT2D eigenvalue weighted by Crippen LogP contribution is 2.37. The Morgan fingerprint density at radius 3 is 2.68 bits per heavy atom. The highest BCUT2D eigenvalue weighted by atomic mass is 16.6. The van der Waals surface area contributed by atoms with Crippen molar-refractivity contribution >= 4 is 40.5 Å². The number of anilines is 3. The van der Waals surface area contributed by atoms with Crippen molar-refractivity contribution in [1.82, 2.24) is 29.7 Å². The molecule has 11 heteroatoms. The molecule has 1 aliphatic carbocycles. The standard InChI is InChI=1S/C26H32N8O3/c1-32(2)26(36)37-23-11-16-13-28-25(31-24(16)34(23)19-5-3-4-6-19)30-21-10-9-20(14-27-21)33-15-18-8-7-17(29-18)12-22(33)35/h9-11,13-14,17-19,29H,3-8,12,15H2,1-2H3,(H,27,28,30,31)/t17-,18+/m0/s1. The number of aromatic nitrogens is 4. The van der Waals surface area contributed by atoms with Crippen LogP contribution in [0.2, 0.25) is 0 Å². The van der Waals surface area contributed by atoms with Crippen molar-refractivity contribution in [3.8, 4) is 5.88 Å². The SMILES string of the molecule is CN(C)C(=O)Oc1cc2cnc(Nc3ccc(N4C[C@H]5CC[C@@H](CC4=O)N5)cn3)nc2n1C1CCCC1. The summed E-state index contributed by atoms with van der Waals surface area (Å²) in [5.41, 5.74) is 1.52. The number of fused-ring (bicyclic) bond motifs is 3. The number of carbonyl (C=O) groups is 2. The first-order chi connectivity index (χ1) is 17.9. The summed E-state index contributed by atoms with van der Waals surface area (Å²) < 4.78 is 7.71. The average molecular weight is 505 g/mol. The Bertz CT molecular complexity index is 1320. The molecule has 0 aromatic carbocycles. The van der Waals surface area contributed by atoms with Gasteiger partial charge in [-0.15, -0.1) is 0 Å². The molecular formula is C26H32N8O3. The molecule has 1 saturated carbocycles. The first-order valence-electron chi connectivity index (χ1n) is 13.0. The Balaban J connectivity index is 1.24. The fourth-order valence-electron chi connectivity index (χ4n) is 5.65. The van der Waals surface area contributed by atoms with Crippen LogP contribution in [0.5, 0.6) is 5.88 Å². The molecule has 2 N–H and O–H groups in total. The summed E-state index contributed by atoms with van der Waals surface area (Å²) in [5, 5.41) is 7.53. The van der Waals surface area contributed by atoms with Crippen LogP contribution in [0.1, 0.15) is 51.0 Å². The average Bonchev–Trinajstić information content (AvgIpc) is 3.60. The fourth-order valence-corrected chi connectivity index (χ4v) is 5.65. The van der Waals surface area contributed by atoms with Crippen molar-refractivity contribution in [2.75, 3.05) is 30.9 Å². The molecule has 0 unspecified atom stereocenters. The van der Waals surface area contributed by atoms with E-state index in [9.17, 15) is 9.59 Å².